The van der Waals surface area contributed by atoms with E-state index in [1.807, 2.05) is 13.8 Å². The van der Waals surface area contributed by atoms with E-state index in [1.165, 1.54) is 0 Å². The highest BCUT2D eigenvalue weighted by molar-refractivity contribution is 5.80. The summed E-state index contributed by atoms with van der Waals surface area (Å²) in [4.78, 5) is 11.2. The third kappa shape index (κ3) is 6.76. The van der Waals surface area contributed by atoms with Crippen LogP contribution in [0, 0.1) is 11.8 Å². The largest absolute Gasteiger partial charge is 0.393 e. The fraction of sp³-hybridized carbons (Fsp3) is 0.909. The van der Waals surface area contributed by atoms with Gasteiger partial charge >= 0.3 is 0 Å². The van der Waals surface area contributed by atoms with Crippen molar-refractivity contribution in [2.75, 3.05) is 0 Å². The first-order chi connectivity index (χ1) is 5.93. The number of Topliss-reactive ketones (excluding diaryl/α,β-unsaturated/α-hetero) is 1. The molecule has 0 fully saturated rings. The lowest BCUT2D eigenvalue weighted by Gasteiger charge is -2.12. The minimum absolute atomic E-state index is 0.103. The summed E-state index contributed by atoms with van der Waals surface area (Å²) in [5.74, 6) is 0.859. The molecule has 0 heterocycles. The van der Waals surface area contributed by atoms with Gasteiger partial charge < -0.3 is 5.11 Å². The number of ketones is 1. The van der Waals surface area contributed by atoms with E-state index in [-0.39, 0.29) is 17.8 Å². The second-order valence-corrected chi connectivity index (χ2v) is 4.44. The number of aliphatic hydroxyl groups is 1. The van der Waals surface area contributed by atoms with Crippen molar-refractivity contribution in [1.29, 1.82) is 0 Å². The minimum atomic E-state index is -0.303. The summed E-state index contributed by atoms with van der Waals surface area (Å²) in [7, 11) is 0. The quantitative estimate of drug-likeness (QED) is 0.691. The Labute approximate surface area is 81.3 Å². The molecule has 1 atom stereocenters. The van der Waals surface area contributed by atoms with Crippen LogP contribution in [0.5, 0.6) is 0 Å². The Morgan fingerprint density at radius 1 is 1.23 bits per heavy atom. The van der Waals surface area contributed by atoms with E-state index in [4.69, 9.17) is 0 Å². The molecule has 0 aromatic carbocycles. The van der Waals surface area contributed by atoms with E-state index in [0.717, 1.165) is 6.42 Å². The van der Waals surface area contributed by atoms with Gasteiger partial charge in [0, 0.05) is 12.3 Å². The van der Waals surface area contributed by atoms with E-state index in [1.54, 1.807) is 0 Å². The van der Waals surface area contributed by atoms with Gasteiger partial charge in [-0.05, 0) is 18.8 Å². The fourth-order valence-corrected chi connectivity index (χ4v) is 1.26. The molecule has 2 heteroatoms. The summed E-state index contributed by atoms with van der Waals surface area (Å²) in [6, 6.07) is 0. The molecule has 0 rings (SSSR count). The first kappa shape index (κ1) is 12.6. The lowest BCUT2D eigenvalue weighted by Crippen LogP contribution is -2.14. The number of hydrogen-bond donors (Lipinski definition) is 1. The van der Waals surface area contributed by atoms with Crippen LogP contribution in [0.2, 0.25) is 0 Å². The standard InChI is InChI=1S/C11H22O2/c1-8(2)7-10(12)5-6-11(13)9(3)4/h8-10,12H,5-7H2,1-4H3. The van der Waals surface area contributed by atoms with Crippen molar-refractivity contribution < 1.29 is 9.90 Å². The zero-order valence-electron chi connectivity index (χ0n) is 9.21. The third-order valence-corrected chi connectivity index (χ3v) is 2.11. The van der Waals surface area contributed by atoms with Gasteiger partial charge in [-0.2, -0.15) is 0 Å². The van der Waals surface area contributed by atoms with Crippen molar-refractivity contribution in [3.05, 3.63) is 0 Å². The Bertz CT molecular complexity index is 150. The maximum Gasteiger partial charge on any atom is 0.135 e. The van der Waals surface area contributed by atoms with Gasteiger partial charge in [-0.15, -0.1) is 0 Å². The SMILES string of the molecule is CC(C)CC(O)CCC(=O)C(C)C. The van der Waals surface area contributed by atoms with E-state index >= 15 is 0 Å². The number of aliphatic hydroxyl groups excluding tert-OH is 1. The highest BCUT2D eigenvalue weighted by Crippen LogP contribution is 2.11. The van der Waals surface area contributed by atoms with Crippen molar-refractivity contribution in [1.82, 2.24) is 0 Å². The van der Waals surface area contributed by atoms with Crippen LogP contribution in [0.3, 0.4) is 0 Å². The maximum atomic E-state index is 11.2. The maximum absolute atomic E-state index is 11.2. The first-order valence-corrected chi connectivity index (χ1v) is 5.14. The van der Waals surface area contributed by atoms with E-state index in [9.17, 15) is 9.90 Å². The van der Waals surface area contributed by atoms with Crippen molar-refractivity contribution in [3.8, 4) is 0 Å². The van der Waals surface area contributed by atoms with Gasteiger partial charge in [0.05, 0.1) is 6.10 Å². The van der Waals surface area contributed by atoms with Gasteiger partial charge in [0.2, 0.25) is 0 Å². The predicted octanol–water partition coefficient (Wildman–Crippen LogP) is 2.40. The Morgan fingerprint density at radius 3 is 2.15 bits per heavy atom. The van der Waals surface area contributed by atoms with Crippen LogP contribution in [0.4, 0.5) is 0 Å². The zero-order chi connectivity index (χ0) is 10.4. The van der Waals surface area contributed by atoms with Gasteiger partial charge in [-0.25, -0.2) is 0 Å². The Balaban J connectivity index is 3.58. The first-order valence-electron chi connectivity index (χ1n) is 5.14. The fourth-order valence-electron chi connectivity index (χ4n) is 1.26. The van der Waals surface area contributed by atoms with Crippen molar-refractivity contribution >= 4 is 5.78 Å². The molecule has 0 aromatic rings. The number of hydrogen-bond acceptors (Lipinski definition) is 2. The predicted molar refractivity (Wildman–Crippen MR) is 54.5 cm³/mol. The molecule has 1 N–H and O–H groups in total. The van der Waals surface area contributed by atoms with E-state index < -0.39 is 0 Å². The topological polar surface area (TPSA) is 37.3 Å². The summed E-state index contributed by atoms with van der Waals surface area (Å²) < 4.78 is 0. The summed E-state index contributed by atoms with van der Waals surface area (Å²) in [6.45, 7) is 7.95. The molecule has 13 heavy (non-hydrogen) atoms. The molecule has 0 aliphatic heterocycles. The van der Waals surface area contributed by atoms with Gasteiger partial charge in [-0.1, -0.05) is 27.7 Å². The Morgan fingerprint density at radius 2 is 1.77 bits per heavy atom. The molecule has 0 amide bonds. The Hall–Kier alpha value is -0.370. The molecule has 0 bridgehead atoms. The molecule has 0 spiro atoms. The second-order valence-electron chi connectivity index (χ2n) is 4.44. The van der Waals surface area contributed by atoms with E-state index in [2.05, 4.69) is 13.8 Å². The normalized spacial score (nSPS) is 13.8. The molecule has 2 nitrogen and oxygen atoms in total. The number of carbonyl (C=O) groups is 1. The monoisotopic (exact) mass is 186 g/mol. The smallest absolute Gasteiger partial charge is 0.135 e. The summed E-state index contributed by atoms with van der Waals surface area (Å²) >= 11 is 0. The van der Waals surface area contributed by atoms with Crippen LogP contribution < -0.4 is 0 Å². The molecule has 0 aliphatic carbocycles. The van der Waals surface area contributed by atoms with Crippen molar-refractivity contribution in [2.24, 2.45) is 11.8 Å². The van der Waals surface area contributed by atoms with Crippen molar-refractivity contribution in [2.45, 2.75) is 53.1 Å². The molecular weight excluding hydrogens is 164 g/mol. The highest BCUT2D eigenvalue weighted by atomic mass is 16.3. The highest BCUT2D eigenvalue weighted by Gasteiger charge is 2.11. The van der Waals surface area contributed by atoms with Crippen LogP contribution >= 0.6 is 0 Å². The van der Waals surface area contributed by atoms with Crippen LogP contribution in [0.25, 0.3) is 0 Å². The lowest BCUT2D eigenvalue weighted by molar-refractivity contribution is -0.122. The molecule has 0 aromatic heterocycles. The molecule has 78 valence electrons. The lowest BCUT2D eigenvalue weighted by atomic mass is 9.98. The summed E-state index contributed by atoms with van der Waals surface area (Å²) in [5.41, 5.74) is 0. The van der Waals surface area contributed by atoms with Crippen molar-refractivity contribution in [3.63, 3.8) is 0 Å². The number of carbonyl (C=O) groups excluding carboxylic acids is 1. The van der Waals surface area contributed by atoms with Gasteiger partial charge in [0.15, 0.2) is 0 Å². The molecule has 0 saturated carbocycles. The van der Waals surface area contributed by atoms with Gasteiger partial charge in [0.1, 0.15) is 5.78 Å². The molecule has 0 radical (unpaired) electrons. The summed E-state index contributed by atoms with van der Waals surface area (Å²) in [5, 5.41) is 9.50. The van der Waals surface area contributed by atoms with Gasteiger partial charge in [-0.3, -0.25) is 4.79 Å². The molecular formula is C11H22O2. The van der Waals surface area contributed by atoms with Crippen LogP contribution in [0.1, 0.15) is 47.0 Å². The van der Waals surface area contributed by atoms with E-state index in [0.29, 0.717) is 18.8 Å². The average Bonchev–Trinajstić information content (AvgIpc) is 1.98. The Kier molecular flexibility index (Phi) is 5.97. The van der Waals surface area contributed by atoms with Crippen LogP contribution in [0.15, 0.2) is 0 Å². The zero-order valence-corrected chi connectivity index (χ0v) is 9.21. The second kappa shape index (κ2) is 6.14. The third-order valence-electron chi connectivity index (χ3n) is 2.11. The summed E-state index contributed by atoms with van der Waals surface area (Å²) in [6.07, 6.45) is 1.63. The minimum Gasteiger partial charge on any atom is -0.393 e. The molecule has 1 unspecified atom stereocenters. The number of rotatable bonds is 6. The molecule has 0 aliphatic rings. The van der Waals surface area contributed by atoms with Crippen LogP contribution in [-0.4, -0.2) is 17.0 Å². The van der Waals surface area contributed by atoms with Crippen LogP contribution in [-0.2, 0) is 4.79 Å². The van der Waals surface area contributed by atoms with Gasteiger partial charge in [0.25, 0.3) is 0 Å². The average molecular weight is 186 g/mol. The molecule has 0 saturated heterocycles.